The molecule has 0 radical (unpaired) electrons. The van der Waals surface area contributed by atoms with E-state index < -0.39 is 11.7 Å². The molecule has 0 spiro atoms. The van der Waals surface area contributed by atoms with Crippen LogP contribution < -0.4 is 0 Å². The Labute approximate surface area is 117 Å². The summed E-state index contributed by atoms with van der Waals surface area (Å²) in [7, 11) is 0. The average molecular weight is 290 g/mol. The third-order valence-corrected chi connectivity index (χ3v) is 3.02. The lowest BCUT2D eigenvalue weighted by Gasteiger charge is -2.10. The Morgan fingerprint density at radius 2 is 1.76 bits per heavy atom. The fourth-order valence-corrected chi connectivity index (χ4v) is 2.07. The van der Waals surface area contributed by atoms with E-state index in [9.17, 15) is 18.3 Å². The molecule has 0 aliphatic carbocycles. The van der Waals surface area contributed by atoms with Crippen molar-refractivity contribution in [3.63, 3.8) is 0 Å². The first-order chi connectivity index (χ1) is 9.95. The third kappa shape index (κ3) is 2.52. The van der Waals surface area contributed by atoms with Crippen molar-refractivity contribution < 1.29 is 18.3 Å². The Morgan fingerprint density at radius 1 is 1.00 bits per heavy atom. The topological polar surface area (TPSA) is 46.0 Å². The van der Waals surface area contributed by atoms with Crippen LogP contribution >= 0.6 is 0 Å². The summed E-state index contributed by atoms with van der Waals surface area (Å²) >= 11 is 0. The van der Waals surface area contributed by atoms with E-state index in [4.69, 9.17) is 0 Å². The van der Waals surface area contributed by atoms with Crippen LogP contribution in [0.3, 0.4) is 0 Å². The number of nitrogens with zero attached hydrogens (tertiary/aromatic N) is 2. The maximum absolute atomic E-state index is 13.0. The molecule has 1 aromatic heterocycles. The molecule has 0 aliphatic heterocycles. The number of aromatic hydroxyl groups is 1. The van der Waals surface area contributed by atoms with Crippen molar-refractivity contribution in [3.05, 3.63) is 54.2 Å². The molecule has 3 rings (SSSR count). The number of halogens is 3. The molecule has 2 aromatic carbocycles. The summed E-state index contributed by atoms with van der Waals surface area (Å²) in [6.45, 7) is 0. The Hall–Kier alpha value is -2.63. The van der Waals surface area contributed by atoms with Crippen molar-refractivity contribution in [2.24, 2.45) is 0 Å². The van der Waals surface area contributed by atoms with Crippen LogP contribution in [0.1, 0.15) is 5.56 Å². The van der Waals surface area contributed by atoms with Crippen LogP contribution in [0, 0.1) is 0 Å². The van der Waals surface area contributed by atoms with E-state index in [0.29, 0.717) is 5.56 Å². The van der Waals surface area contributed by atoms with Crippen LogP contribution in [0.25, 0.3) is 22.3 Å². The molecule has 21 heavy (non-hydrogen) atoms. The zero-order valence-corrected chi connectivity index (χ0v) is 10.6. The van der Waals surface area contributed by atoms with E-state index in [2.05, 4.69) is 9.97 Å². The third-order valence-electron chi connectivity index (χ3n) is 3.02. The molecule has 0 unspecified atom stereocenters. The fraction of sp³-hybridized carbons (Fsp3) is 0.0667. The van der Waals surface area contributed by atoms with E-state index in [-0.39, 0.29) is 22.5 Å². The highest BCUT2D eigenvalue weighted by molar-refractivity contribution is 5.81. The number of fused-ring (bicyclic) bond motifs is 1. The number of hydrogen-bond donors (Lipinski definition) is 1. The predicted octanol–water partition coefficient (Wildman–Crippen LogP) is 4.02. The molecule has 0 fully saturated rings. The normalized spacial score (nSPS) is 11.8. The quantitative estimate of drug-likeness (QED) is 0.736. The smallest absolute Gasteiger partial charge is 0.418 e. The van der Waals surface area contributed by atoms with Crippen molar-refractivity contribution in [1.82, 2.24) is 9.97 Å². The fourth-order valence-electron chi connectivity index (χ4n) is 2.07. The van der Waals surface area contributed by atoms with Gasteiger partial charge in [-0.25, -0.2) is 4.98 Å². The molecule has 0 bridgehead atoms. The molecule has 106 valence electrons. The summed E-state index contributed by atoms with van der Waals surface area (Å²) in [5, 5.41) is 9.44. The van der Waals surface area contributed by atoms with Crippen molar-refractivity contribution in [2.75, 3.05) is 0 Å². The summed E-state index contributed by atoms with van der Waals surface area (Å²) < 4.78 is 39.0. The van der Waals surface area contributed by atoms with Gasteiger partial charge in [0.15, 0.2) is 0 Å². The van der Waals surface area contributed by atoms with Crippen LogP contribution in [0.15, 0.2) is 48.7 Å². The molecule has 6 heteroatoms. The summed E-state index contributed by atoms with van der Waals surface area (Å²) in [6, 6.07) is 9.88. The van der Waals surface area contributed by atoms with Crippen molar-refractivity contribution >= 4 is 11.0 Å². The molecule has 1 N–H and O–H groups in total. The van der Waals surface area contributed by atoms with Gasteiger partial charge in [0.2, 0.25) is 0 Å². The van der Waals surface area contributed by atoms with Gasteiger partial charge in [-0.15, -0.1) is 0 Å². The van der Waals surface area contributed by atoms with Gasteiger partial charge in [0.1, 0.15) is 11.3 Å². The molecule has 1 heterocycles. The van der Waals surface area contributed by atoms with Crippen molar-refractivity contribution in [2.45, 2.75) is 6.18 Å². The first-order valence-corrected chi connectivity index (χ1v) is 6.07. The first-order valence-electron chi connectivity index (χ1n) is 6.07. The minimum Gasteiger partial charge on any atom is -0.508 e. The molecular formula is C15H9F3N2O. The predicted molar refractivity (Wildman–Crippen MR) is 71.6 cm³/mol. The van der Waals surface area contributed by atoms with Crippen LogP contribution in [0.2, 0.25) is 0 Å². The highest BCUT2D eigenvalue weighted by Crippen LogP contribution is 2.34. The van der Waals surface area contributed by atoms with E-state index in [1.54, 1.807) is 12.1 Å². The van der Waals surface area contributed by atoms with E-state index in [0.717, 1.165) is 6.07 Å². The summed E-state index contributed by atoms with van der Waals surface area (Å²) in [4.78, 5) is 8.08. The maximum Gasteiger partial charge on any atom is 0.418 e. The number of phenols is 1. The van der Waals surface area contributed by atoms with Crippen LogP contribution in [0.4, 0.5) is 13.2 Å². The molecule has 3 nitrogen and oxygen atoms in total. The van der Waals surface area contributed by atoms with Gasteiger partial charge in [-0.1, -0.05) is 18.2 Å². The largest absolute Gasteiger partial charge is 0.508 e. The van der Waals surface area contributed by atoms with Crippen molar-refractivity contribution in [1.29, 1.82) is 0 Å². The highest BCUT2D eigenvalue weighted by atomic mass is 19.4. The second-order valence-electron chi connectivity index (χ2n) is 4.48. The van der Waals surface area contributed by atoms with Crippen LogP contribution in [-0.4, -0.2) is 15.1 Å². The number of benzene rings is 2. The number of aromatic nitrogens is 2. The molecule has 0 amide bonds. The number of alkyl halides is 3. The summed E-state index contributed by atoms with van der Waals surface area (Å²) in [6.07, 6.45) is -3.11. The van der Waals surface area contributed by atoms with Gasteiger partial charge in [-0.2, -0.15) is 13.2 Å². The molecule has 0 atom stereocenters. The molecular weight excluding hydrogens is 281 g/mol. The zero-order chi connectivity index (χ0) is 15.0. The van der Waals surface area contributed by atoms with Crippen LogP contribution in [0.5, 0.6) is 5.75 Å². The number of para-hydroxylation sites is 1. The SMILES string of the molecule is Oc1cccc(-c2cnc3cccc(C(F)(F)F)c3n2)c1. The lowest BCUT2D eigenvalue weighted by molar-refractivity contribution is -0.136. The van der Waals surface area contributed by atoms with Gasteiger partial charge >= 0.3 is 6.18 Å². The summed E-state index contributed by atoms with van der Waals surface area (Å²) in [5.41, 5.74) is -0.0782. The lowest BCUT2D eigenvalue weighted by Crippen LogP contribution is -2.07. The highest BCUT2D eigenvalue weighted by Gasteiger charge is 2.33. The van der Waals surface area contributed by atoms with Gasteiger partial charge in [0, 0.05) is 5.56 Å². The Kier molecular flexibility index (Phi) is 3.01. The van der Waals surface area contributed by atoms with E-state index >= 15 is 0 Å². The Balaban J connectivity index is 2.24. The van der Waals surface area contributed by atoms with Gasteiger partial charge < -0.3 is 5.11 Å². The zero-order valence-electron chi connectivity index (χ0n) is 10.6. The number of phenolic OH excluding ortho intramolecular Hbond substituents is 1. The lowest BCUT2D eigenvalue weighted by atomic mass is 10.1. The average Bonchev–Trinajstić information content (AvgIpc) is 2.45. The second kappa shape index (κ2) is 4.73. The van der Waals surface area contributed by atoms with Crippen LogP contribution in [-0.2, 0) is 6.18 Å². The van der Waals surface area contributed by atoms with E-state index in [1.807, 2.05) is 0 Å². The van der Waals surface area contributed by atoms with Gasteiger partial charge in [-0.3, -0.25) is 4.98 Å². The van der Waals surface area contributed by atoms with Crippen molar-refractivity contribution in [3.8, 4) is 17.0 Å². The minimum atomic E-state index is -4.49. The molecule has 0 aliphatic rings. The maximum atomic E-state index is 13.0. The van der Waals surface area contributed by atoms with E-state index in [1.165, 1.54) is 30.5 Å². The Morgan fingerprint density at radius 3 is 2.48 bits per heavy atom. The molecule has 0 saturated carbocycles. The second-order valence-corrected chi connectivity index (χ2v) is 4.48. The van der Waals surface area contributed by atoms with Gasteiger partial charge in [0.25, 0.3) is 0 Å². The first kappa shape index (κ1) is 13.4. The molecule has 3 aromatic rings. The molecule has 0 saturated heterocycles. The van der Waals surface area contributed by atoms with Gasteiger partial charge in [-0.05, 0) is 24.3 Å². The number of rotatable bonds is 1. The van der Waals surface area contributed by atoms with Gasteiger partial charge in [0.05, 0.1) is 23.0 Å². The Bertz CT molecular complexity index is 815. The standard InChI is InChI=1S/C15H9F3N2O/c16-15(17,18)11-5-2-6-12-14(11)20-13(8-19-12)9-3-1-4-10(21)7-9/h1-8,21H. The minimum absolute atomic E-state index is 0.0125. The summed E-state index contributed by atoms with van der Waals surface area (Å²) in [5.74, 6) is 0.0125. The monoisotopic (exact) mass is 290 g/mol. The number of hydrogen-bond acceptors (Lipinski definition) is 3.